The molecule has 0 saturated carbocycles. The standard InChI is InChI=1S/C14H12Cl3N/c1-18-8-9-5-6-10(13(16)7-9)11-3-2-4-12(15)14(11)17/h2-7,18H,8H2,1H3. The second-order valence-corrected chi connectivity index (χ2v) is 5.14. The minimum Gasteiger partial charge on any atom is -0.316 e. The number of hydrogen-bond donors (Lipinski definition) is 1. The van der Waals surface area contributed by atoms with Crippen molar-refractivity contribution in [2.75, 3.05) is 7.05 Å². The Bertz CT molecular complexity index is 567. The molecular formula is C14H12Cl3N. The fourth-order valence-corrected chi connectivity index (χ4v) is 2.51. The number of rotatable bonds is 3. The maximum Gasteiger partial charge on any atom is 0.0671 e. The van der Waals surface area contributed by atoms with Crippen LogP contribution in [0, 0.1) is 0 Å². The van der Waals surface area contributed by atoms with Crippen LogP contribution in [-0.2, 0) is 6.54 Å². The molecule has 0 amide bonds. The van der Waals surface area contributed by atoms with Gasteiger partial charge in [-0.1, -0.05) is 59.1 Å². The molecule has 18 heavy (non-hydrogen) atoms. The van der Waals surface area contributed by atoms with Gasteiger partial charge in [0.15, 0.2) is 0 Å². The summed E-state index contributed by atoms with van der Waals surface area (Å²) in [7, 11) is 1.90. The molecule has 0 atom stereocenters. The molecule has 0 unspecified atom stereocenters. The molecule has 4 heteroatoms. The van der Waals surface area contributed by atoms with E-state index in [0.717, 1.165) is 23.2 Å². The molecule has 0 aromatic heterocycles. The van der Waals surface area contributed by atoms with Gasteiger partial charge in [0.1, 0.15) is 0 Å². The zero-order valence-electron chi connectivity index (χ0n) is 9.81. The van der Waals surface area contributed by atoms with Crippen LogP contribution in [0.5, 0.6) is 0 Å². The topological polar surface area (TPSA) is 12.0 Å². The zero-order valence-corrected chi connectivity index (χ0v) is 12.1. The number of hydrogen-bond acceptors (Lipinski definition) is 1. The van der Waals surface area contributed by atoms with Crippen molar-refractivity contribution in [2.45, 2.75) is 6.54 Å². The van der Waals surface area contributed by atoms with Crippen molar-refractivity contribution in [1.82, 2.24) is 5.32 Å². The van der Waals surface area contributed by atoms with Crippen molar-refractivity contribution in [3.63, 3.8) is 0 Å². The minimum absolute atomic E-state index is 0.530. The molecule has 0 fully saturated rings. The third-order valence-corrected chi connectivity index (χ3v) is 3.79. The van der Waals surface area contributed by atoms with Crippen molar-refractivity contribution in [3.05, 3.63) is 57.0 Å². The number of benzene rings is 2. The molecule has 0 radical (unpaired) electrons. The molecular weight excluding hydrogens is 289 g/mol. The Balaban J connectivity index is 2.48. The van der Waals surface area contributed by atoms with Gasteiger partial charge >= 0.3 is 0 Å². The average Bonchev–Trinajstić information content (AvgIpc) is 2.34. The molecule has 0 spiro atoms. The third-order valence-electron chi connectivity index (χ3n) is 2.66. The highest BCUT2D eigenvalue weighted by molar-refractivity contribution is 6.44. The van der Waals surface area contributed by atoms with E-state index < -0.39 is 0 Å². The van der Waals surface area contributed by atoms with E-state index in [4.69, 9.17) is 34.8 Å². The summed E-state index contributed by atoms with van der Waals surface area (Å²) in [5.41, 5.74) is 2.87. The zero-order chi connectivity index (χ0) is 13.1. The normalized spacial score (nSPS) is 10.7. The average molecular weight is 301 g/mol. The molecule has 1 N–H and O–H groups in total. The van der Waals surface area contributed by atoms with Gasteiger partial charge in [0, 0.05) is 22.7 Å². The van der Waals surface area contributed by atoms with Crippen molar-refractivity contribution in [1.29, 1.82) is 0 Å². The summed E-state index contributed by atoms with van der Waals surface area (Å²) >= 11 is 18.5. The van der Waals surface area contributed by atoms with Crippen LogP contribution in [0.1, 0.15) is 5.56 Å². The van der Waals surface area contributed by atoms with Crippen LogP contribution in [0.15, 0.2) is 36.4 Å². The largest absolute Gasteiger partial charge is 0.316 e. The van der Waals surface area contributed by atoms with Gasteiger partial charge in [-0.2, -0.15) is 0 Å². The van der Waals surface area contributed by atoms with E-state index in [2.05, 4.69) is 5.32 Å². The quantitative estimate of drug-likeness (QED) is 0.838. The summed E-state index contributed by atoms with van der Waals surface area (Å²) in [4.78, 5) is 0. The van der Waals surface area contributed by atoms with Crippen LogP contribution in [0.25, 0.3) is 11.1 Å². The summed E-state index contributed by atoms with van der Waals surface area (Å²) in [6, 6.07) is 11.5. The highest BCUT2D eigenvalue weighted by Crippen LogP contribution is 2.37. The highest BCUT2D eigenvalue weighted by atomic mass is 35.5. The van der Waals surface area contributed by atoms with E-state index in [1.807, 2.05) is 37.4 Å². The first kappa shape index (κ1) is 13.7. The van der Waals surface area contributed by atoms with E-state index in [1.165, 1.54) is 0 Å². The molecule has 0 aliphatic carbocycles. The number of nitrogens with one attached hydrogen (secondary N) is 1. The Morgan fingerprint density at radius 3 is 2.39 bits per heavy atom. The lowest BCUT2D eigenvalue weighted by molar-refractivity contribution is 0.818. The molecule has 2 aromatic rings. The lowest BCUT2D eigenvalue weighted by Gasteiger charge is -2.09. The first-order chi connectivity index (χ1) is 8.63. The second kappa shape index (κ2) is 5.94. The smallest absolute Gasteiger partial charge is 0.0671 e. The monoisotopic (exact) mass is 299 g/mol. The van der Waals surface area contributed by atoms with Crippen LogP contribution in [0.2, 0.25) is 15.1 Å². The summed E-state index contributed by atoms with van der Waals surface area (Å²) in [5, 5.41) is 4.82. The van der Waals surface area contributed by atoms with Crippen molar-refractivity contribution in [2.24, 2.45) is 0 Å². The third kappa shape index (κ3) is 2.81. The lowest BCUT2D eigenvalue weighted by atomic mass is 10.0. The van der Waals surface area contributed by atoms with Gasteiger partial charge in [0.05, 0.1) is 10.0 Å². The fraction of sp³-hybridized carbons (Fsp3) is 0.143. The highest BCUT2D eigenvalue weighted by Gasteiger charge is 2.10. The maximum atomic E-state index is 6.29. The number of halogens is 3. The SMILES string of the molecule is CNCc1ccc(-c2cccc(Cl)c2Cl)c(Cl)c1. The van der Waals surface area contributed by atoms with Gasteiger partial charge in [-0.3, -0.25) is 0 Å². The molecule has 2 aromatic carbocycles. The van der Waals surface area contributed by atoms with E-state index in [9.17, 15) is 0 Å². The molecule has 0 saturated heterocycles. The Labute approximate surface area is 122 Å². The summed E-state index contributed by atoms with van der Waals surface area (Å²) in [6.07, 6.45) is 0. The van der Waals surface area contributed by atoms with E-state index in [-0.39, 0.29) is 0 Å². The molecule has 0 aliphatic heterocycles. The predicted molar refractivity (Wildman–Crippen MR) is 79.7 cm³/mol. The van der Waals surface area contributed by atoms with Gasteiger partial charge in [-0.15, -0.1) is 0 Å². The second-order valence-electron chi connectivity index (χ2n) is 3.95. The van der Waals surface area contributed by atoms with Gasteiger partial charge < -0.3 is 5.32 Å². The Kier molecular flexibility index (Phi) is 4.52. The first-order valence-electron chi connectivity index (χ1n) is 5.51. The van der Waals surface area contributed by atoms with Crippen molar-refractivity contribution >= 4 is 34.8 Å². The van der Waals surface area contributed by atoms with Crippen LogP contribution >= 0.6 is 34.8 Å². The summed E-state index contributed by atoms with van der Waals surface area (Å²) in [6.45, 7) is 0.781. The predicted octanol–water partition coefficient (Wildman–Crippen LogP) is 5.03. The summed E-state index contributed by atoms with van der Waals surface area (Å²) in [5.74, 6) is 0. The van der Waals surface area contributed by atoms with Crippen LogP contribution in [-0.4, -0.2) is 7.05 Å². The van der Waals surface area contributed by atoms with Crippen LogP contribution < -0.4 is 5.32 Å². The molecule has 0 heterocycles. The molecule has 2 rings (SSSR count). The first-order valence-corrected chi connectivity index (χ1v) is 6.64. The van der Waals surface area contributed by atoms with Crippen LogP contribution in [0.3, 0.4) is 0 Å². The summed E-state index contributed by atoms with van der Waals surface area (Å²) < 4.78 is 0. The molecule has 1 nitrogen and oxygen atoms in total. The molecule has 0 bridgehead atoms. The van der Waals surface area contributed by atoms with Gasteiger partial charge in [-0.25, -0.2) is 0 Å². The Hall–Kier alpha value is -0.730. The van der Waals surface area contributed by atoms with E-state index in [0.29, 0.717) is 15.1 Å². The van der Waals surface area contributed by atoms with Crippen molar-refractivity contribution in [3.8, 4) is 11.1 Å². The van der Waals surface area contributed by atoms with Gasteiger partial charge in [-0.05, 0) is 24.7 Å². The van der Waals surface area contributed by atoms with E-state index >= 15 is 0 Å². The van der Waals surface area contributed by atoms with Crippen molar-refractivity contribution < 1.29 is 0 Å². The maximum absolute atomic E-state index is 6.29. The Morgan fingerprint density at radius 1 is 0.944 bits per heavy atom. The Morgan fingerprint density at radius 2 is 1.72 bits per heavy atom. The van der Waals surface area contributed by atoms with E-state index in [1.54, 1.807) is 6.07 Å². The van der Waals surface area contributed by atoms with Gasteiger partial charge in [0.25, 0.3) is 0 Å². The van der Waals surface area contributed by atoms with Crippen LogP contribution in [0.4, 0.5) is 0 Å². The minimum atomic E-state index is 0.530. The fourth-order valence-electron chi connectivity index (χ4n) is 1.80. The molecule has 0 aliphatic rings. The van der Waals surface area contributed by atoms with Gasteiger partial charge in [0.2, 0.25) is 0 Å². The lowest BCUT2D eigenvalue weighted by Crippen LogP contribution is -2.04. The molecule has 94 valence electrons.